The number of hydrogen-bond donors (Lipinski definition) is 2. The third-order valence-corrected chi connectivity index (χ3v) is 5.48. The number of hydrogen-bond acceptors (Lipinski definition) is 3. The van der Waals surface area contributed by atoms with Gasteiger partial charge in [-0.05, 0) is 55.0 Å². The molecular weight excluding hydrogens is 379 g/mol. The average molecular weight is 398 g/mol. The van der Waals surface area contributed by atoms with Gasteiger partial charge in [-0.25, -0.2) is 17.5 Å². The van der Waals surface area contributed by atoms with Gasteiger partial charge < -0.3 is 5.32 Å². The van der Waals surface area contributed by atoms with Gasteiger partial charge in [0.25, 0.3) is 5.91 Å². The molecule has 7 heteroatoms. The fraction of sp³-hybridized carbons (Fsp3) is 0.0952. The molecule has 3 aromatic rings. The highest BCUT2D eigenvalue weighted by Crippen LogP contribution is 2.15. The molecule has 144 valence electrons. The Hall–Kier alpha value is -3.03. The van der Waals surface area contributed by atoms with E-state index in [0.717, 1.165) is 11.1 Å². The first-order chi connectivity index (χ1) is 13.3. The van der Waals surface area contributed by atoms with Gasteiger partial charge in [0.2, 0.25) is 10.0 Å². The average Bonchev–Trinajstić information content (AvgIpc) is 2.67. The summed E-state index contributed by atoms with van der Waals surface area (Å²) < 4.78 is 40.6. The zero-order chi connectivity index (χ0) is 20.1. The second-order valence-electron chi connectivity index (χ2n) is 6.30. The van der Waals surface area contributed by atoms with Gasteiger partial charge in [0.1, 0.15) is 5.82 Å². The molecule has 28 heavy (non-hydrogen) atoms. The topological polar surface area (TPSA) is 75.3 Å². The van der Waals surface area contributed by atoms with Crippen LogP contribution >= 0.6 is 0 Å². The molecule has 3 rings (SSSR count). The lowest BCUT2D eigenvalue weighted by molar-refractivity contribution is 0.102. The normalized spacial score (nSPS) is 11.2. The molecule has 1 amide bonds. The van der Waals surface area contributed by atoms with Crippen LogP contribution in [0.5, 0.6) is 0 Å². The summed E-state index contributed by atoms with van der Waals surface area (Å²) in [4.78, 5) is 12.3. The summed E-state index contributed by atoms with van der Waals surface area (Å²) in [5, 5.41) is 2.57. The third kappa shape index (κ3) is 5.03. The van der Waals surface area contributed by atoms with E-state index in [0.29, 0.717) is 5.69 Å². The van der Waals surface area contributed by atoms with Gasteiger partial charge >= 0.3 is 0 Å². The summed E-state index contributed by atoms with van der Waals surface area (Å²) in [7, 11) is -3.71. The molecule has 5 nitrogen and oxygen atoms in total. The van der Waals surface area contributed by atoms with Crippen LogP contribution < -0.4 is 10.0 Å². The number of rotatable bonds is 6. The Morgan fingerprint density at radius 3 is 2.36 bits per heavy atom. The number of benzene rings is 3. The minimum Gasteiger partial charge on any atom is -0.322 e. The van der Waals surface area contributed by atoms with Crippen molar-refractivity contribution in [1.82, 2.24) is 4.72 Å². The van der Waals surface area contributed by atoms with Gasteiger partial charge in [0, 0.05) is 17.8 Å². The van der Waals surface area contributed by atoms with Gasteiger partial charge in [-0.2, -0.15) is 0 Å². The zero-order valence-electron chi connectivity index (χ0n) is 15.1. The molecular formula is C21H19FN2O3S. The van der Waals surface area contributed by atoms with E-state index in [1.165, 1.54) is 42.5 Å². The van der Waals surface area contributed by atoms with Gasteiger partial charge in [-0.3, -0.25) is 4.79 Å². The van der Waals surface area contributed by atoms with Gasteiger partial charge in [0.15, 0.2) is 0 Å². The molecule has 0 saturated carbocycles. The highest BCUT2D eigenvalue weighted by atomic mass is 32.2. The van der Waals surface area contributed by atoms with Gasteiger partial charge in [0.05, 0.1) is 4.90 Å². The van der Waals surface area contributed by atoms with E-state index >= 15 is 0 Å². The number of aryl methyl sites for hydroxylation is 1. The van der Waals surface area contributed by atoms with Crippen LogP contribution in [-0.2, 0) is 16.6 Å². The first-order valence-corrected chi connectivity index (χ1v) is 10.0. The first kappa shape index (κ1) is 19.7. The monoisotopic (exact) mass is 398 g/mol. The number of halogens is 1. The van der Waals surface area contributed by atoms with Crippen LogP contribution in [0.4, 0.5) is 10.1 Å². The molecule has 0 spiro atoms. The SMILES string of the molecule is Cc1cccc(CNS(=O)(=O)c2ccc(C(=O)Nc3cccc(F)c3)cc2)c1. The molecule has 0 saturated heterocycles. The van der Waals surface area contributed by atoms with Crippen molar-refractivity contribution in [2.24, 2.45) is 0 Å². The number of carbonyl (C=O) groups excluding carboxylic acids is 1. The van der Waals surface area contributed by atoms with Crippen molar-refractivity contribution >= 4 is 21.6 Å². The van der Waals surface area contributed by atoms with E-state index in [2.05, 4.69) is 10.0 Å². The first-order valence-electron chi connectivity index (χ1n) is 8.56. The molecule has 0 bridgehead atoms. The molecule has 0 radical (unpaired) electrons. The Balaban J connectivity index is 1.67. The fourth-order valence-electron chi connectivity index (χ4n) is 2.64. The van der Waals surface area contributed by atoms with Crippen LogP contribution in [0.25, 0.3) is 0 Å². The number of amides is 1. The summed E-state index contributed by atoms with van der Waals surface area (Å²) >= 11 is 0. The lowest BCUT2D eigenvalue weighted by Crippen LogP contribution is -2.23. The lowest BCUT2D eigenvalue weighted by Gasteiger charge is -2.09. The highest BCUT2D eigenvalue weighted by Gasteiger charge is 2.15. The Morgan fingerprint density at radius 1 is 0.964 bits per heavy atom. The molecule has 0 aromatic heterocycles. The van der Waals surface area contributed by atoms with Crippen LogP contribution in [-0.4, -0.2) is 14.3 Å². The summed E-state index contributed by atoms with van der Waals surface area (Å²) in [5.41, 5.74) is 2.49. The molecule has 0 heterocycles. The van der Waals surface area contributed by atoms with Crippen molar-refractivity contribution in [1.29, 1.82) is 0 Å². The second kappa shape index (κ2) is 8.33. The summed E-state index contributed by atoms with van der Waals surface area (Å²) in [6, 6.07) is 18.6. The van der Waals surface area contributed by atoms with E-state index < -0.39 is 21.7 Å². The summed E-state index contributed by atoms with van der Waals surface area (Å²) in [5.74, 6) is -0.916. The largest absolute Gasteiger partial charge is 0.322 e. The number of sulfonamides is 1. The van der Waals surface area contributed by atoms with E-state index in [-0.39, 0.29) is 17.0 Å². The predicted octanol–water partition coefficient (Wildman–Crippen LogP) is 3.86. The Labute approximate surface area is 163 Å². The van der Waals surface area contributed by atoms with Crippen molar-refractivity contribution in [2.75, 3.05) is 5.32 Å². The van der Waals surface area contributed by atoms with E-state index in [9.17, 15) is 17.6 Å². The van der Waals surface area contributed by atoms with Crippen molar-refractivity contribution in [3.8, 4) is 0 Å². The fourth-order valence-corrected chi connectivity index (χ4v) is 3.66. The Bertz CT molecular complexity index is 1100. The van der Waals surface area contributed by atoms with Crippen molar-refractivity contribution in [3.05, 3.63) is 95.3 Å². The second-order valence-corrected chi connectivity index (χ2v) is 8.07. The van der Waals surface area contributed by atoms with Crippen molar-refractivity contribution in [2.45, 2.75) is 18.4 Å². The Morgan fingerprint density at radius 2 is 1.68 bits per heavy atom. The highest BCUT2D eigenvalue weighted by molar-refractivity contribution is 7.89. The van der Waals surface area contributed by atoms with E-state index in [4.69, 9.17) is 0 Å². The van der Waals surface area contributed by atoms with Crippen LogP contribution in [0, 0.1) is 12.7 Å². The van der Waals surface area contributed by atoms with Crippen LogP contribution in [0.2, 0.25) is 0 Å². The molecule has 0 atom stereocenters. The smallest absolute Gasteiger partial charge is 0.255 e. The van der Waals surface area contributed by atoms with Crippen molar-refractivity contribution in [3.63, 3.8) is 0 Å². The molecule has 3 aromatic carbocycles. The maximum absolute atomic E-state index is 13.2. The van der Waals surface area contributed by atoms with Crippen LogP contribution in [0.3, 0.4) is 0 Å². The maximum Gasteiger partial charge on any atom is 0.255 e. The molecule has 0 unspecified atom stereocenters. The quantitative estimate of drug-likeness (QED) is 0.662. The lowest BCUT2D eigenvalue weighted by atomic mass is 10.1. The van der Waals surface area contributed by atoms with Crippen LogP contribution in [0.15, 0.2) is 77.7 Å². The van der Waals surface area contributed by atoms with Gasteiger partial charge in [-0.15, -0.1) is 0 Å². The van der Waals surface area contributed by atoms with Gasteiger partial charge in [-0.1, -0.05) is 35.9 Å². The predicted molar refractivity (Wildman–Crippen MR) is 106 cm³/mol. The van der Waals surface area contributed by atoms with Crippen molar-refractivity contribution < 1.29 is 17.6 Å². The molecule has 2 N–H and O–H groups in total. The zero-order valence-corrected chi connectivity index (χ0v) is 16.0. The number of anilines is 1. The minimum atomic E-state index is -3.71. The summed E-state index contributed by atoms with van der Waals surface area (Å²) in [6.07, 6.45) is 0. The maximum atomic E-state index is 13.2. The summed E-state index contributed by atoms with van der Waals surface area (Å²) in [6.45, 7) is 2.11. The minimum absolute atomic E-state index is 0.0578. The van der Waals surface area contributed by atoms with E-state index in [1.807, 2.05) is 31.2 Å². The molecule has 0 aliphatic carbocycles. The molecule has 0 aliphatic rings. The standard InChI is InChI=1S/C21H19FN2O3S/c1-15-4-2-5-16(12-15)14-23-28(26,27)20-10-8-17(9-11-20)21(25)24-19-7-3-6-18(22)13-19/h2-13,23H,14H2,1H3,(H,24,25). The third-order valence-electron chi connectivity index (χ3n) is 4.06. The van der Waals surface area contributed by atoms with E-state index in [1.54, 1.807) is 6.07 Å². The number of nitrogens with one attached hydrogen (secondary N) is 2. The molecule has 0 fully saturated rings. The molecule has 0 aliphatic heterocycles. The Kier molecular flexibility index (Phi) is 5.87. The van der Waals surface area contributed by atoms with Crippen LogP contribution in [0.1, 0.15) is 21.5 Å². The number of carbonyl (C=O) groups is 1.